The zero-order chi connectivity index (χ0) is 23.4. The summed E-state index contributed by atoms with van der Waals surface area (Å²) in [5.74, 6) is -0.285. The highest BCUT2D eigenvalue weighted by molar-refractivity contribution is 8.03. The Morgan fingerprint density at radius 2 is 1.97 bits per heavy atom. The van der Waals surface area contributed by atoms with E-state index in [1.54, 1.807) is 18.2 Å². The van der Waals surface area contributed by atoms with E-state index in [4.69, 9.17) is 16.3 Å². The van der Waals surface area contributed by atoms with Crippen molar-refractivity contribution in [2.24, 2.45) is 0 Å². The van der Waals surface area contributed by atoms with Crippen LogP contribution in [0.1, 0.15) is 34.6 Å². The highest BCUT2D eigenvalue weighted by Gasteiger charge is 2.30. The van der Waals surface area contributed by atoms with Gasteiger partial charge in [0.25, 0.3) is 0 Å². The van der Waals surface area contributed by atoms with Crippen molar-refractivity contribution in [1.29, 1.82) is 5.26 Å². The maximum atomic E-state index is 12.6. The van der Waals surface area contributed by atoms with Gasteiger partial charge in [0.15, 0.2) is 0 Å². The van der Waals surface area contributed by atoms with Crippen molar-refractivity contribution in [2.45, 2.75) is 33.1 Å². The highest BCUT2D eigenvalue weighted by atomic mass is 35.5. The van der Waals surface area contributed by atoms with Gasteiger partial charge in [-0.25, -0.2) is 0 Å². The third-order valence-corrected chi connectivity index (χ3v) is 6.54. The van der Waals surface area contributed by atoms with Gasteiger partial charge in [0.05, 0.1) is 34.6 Å². The van der Waals surface area contributed by atoms with Crippen LogP contribution in [0.5, 0.6) is 5.75 Å². The fraction of sp³-hybridized carbons (Fsp3) is 0.292. The first-order valence-corrected chi connectivity index (χ1v) is 11.4. The molecule has 0 saturated heterocycles. The molecule has 32 heavy (non-hydrogen) atoms. The number of carbonyl (C=O) groups excluding carboxylic acids is 2. The first kappa shape index (κ1) is 23.7. The minimum absolute atomic E-state index is 0.0592. The zero-order valence-electron chi connectivity index (χ0n) is 18.3. The molecule has 8 heteroatoms. The second-order valence-corrected chi connectivity index (χ2v) is 9.06. The first-order chi connectivity index (χ1) is 15.2. The normalized spacial score (nSPS) is 15.8. The molecule has 1 atom stereocenters. The molecule has 0 bridgehead atoms. The molecule has 2 N–H and O–H groups in total. The molecule has 166 valence electrons. The molecule has 2 amide bonds. The largest absolute Gasteiger partial charge is 0.495 e. The van der Waals surface area contributed by atoms with Crippen LogP contribution in [0.3, 0.4) is 0 Å². The van der Waals surface area contributed by atoms with Crippen LogP contribution in [0.2, 0.25) is 5.02 Å². The van der Waals surface area contributed by atoms with Gasteiger partial charge in [-0.1, -0.05) is 47.1 Å². The van der Waals surface area contributed by atoms with Crippen molar-refractivity contribution in [1.82, 2.24) is 5.32 Å². The molecule has 0 fully saturated rings. The van der Waals surface area contributed by atoms with Crippen molar-refractivity contribution in [2.75, 3.05) is 18.2 Å². The molecule has 1 aliphatic heterocycles. The number of nitriles is 1. The fourth-order valence-electron chi connectivity index (χ4n) is 3.81. The number of halogens is 1. The van der Waals surface area contributed by atoms with Crippen LogP contribution in [-0.4, -0.2) is 24.7 Å². The van der Waals surface area contributed by atoms with Gasteiger partial charge in [-0.3, -0.25) is 9.59 Å². The topological polar surface area (TPSA) is 91.2 Å². The third kappa shape index (κ3) is 5.26. The SMILES string of the molecule is COc1ccc([C@@H]2CC(=O)NC(SCC(=O)Nc3c(C)cc(C)cc3C)=C2C#N)cc1Cl. The van der Waals surface area contributed by atoms with E-state index in [9.17, 15) is 14.9 Å². The van der Waals surface area contributed by atoms with Gasteiger partial charge in [-0.2, -0.15) is 5.26 Å². The first-order valence-electron chi connectivity index (χ1n) is 10.0. The number of amides is 2. The van der Waals surface area contributed by atoms with Crippen LogP contribution >= 0.6 is 23.4 Å². The molecule has 2 aromatic carbocycles. The van der Waals surface area contributed by atoms with Crippen molar-refractivity contribution >= 4 is 40.9 Å². The van der Waals surface area contributed by atoms with Crippen molar-refractivity contribution < 1.29 is 14.3 Å². The average Bonchev–Trinajstić information content (AvgIpc) is 2.74. The van der Waals surface area contributed by atoms with E-state index in [0.29, 0.717) is 21.4 Å². The van der Waals surface area contributed by atoms with Crippen LogP contribution in [-0.2, 0) is 9.59 Å². The Morgan fingerprint density at radius 3 is 2.56 bits per heavy atom. The number of hydrogen-bond acceptors (Lipinski definition) is 5. The highest BCUT2D eigenvalue weighted by Crippen LogP contribution is 2.38. The average molecular weight is 470 g/mol. The van der Waals surface area contributed by atoms with E-state index in [1.807, 2.05) is 32.9 Å². The van der Waals surface area contributed by atoms with Crippen molar-refractivity contribution in [3.8, 4) is 11.8 Å². The summed E-state index contributed by atoms with van der Waals surface area (Å²) in [6.07, 6.45) is 0.129. The molecule has 1 heterocycles. The number of carbonyl (C=O) groups is 2. The Kier molecular flexibility index (Phi) is 7.49. The fourth-order valence-corrected chi connectivity index (χ4v) is 4.95. The summed E-state index contributed by atoms with van der Waals surface area (Å²) >= 11 is 7.39. The molecule has 1 aliphatic rings. The molecule has 0 aliphatic carbocycles. The van der Waals surface area contributed by atoms with Crippen LogP contribution in [0, 0.1) is 32.1 Å². The molecule has 0 unspecified atom stereocenters. The second kappa shape index (κ2) is 10.1. The van der Waals surface area contributed by atoms with Crippen LogP contribution in [0.25, 0.3) is 0 Å². The standard InChI is InChI=1S/C24H24ClN3O3S/c1-13-7-14(2)23(15(3)8-13)27-22(30)12-32-24-18(11-26)17(10-21(29)28-24)16-5-6-20(31-4)19(25)9-16/h5-9,17H,10,12H2,1-4H3,(H,27,30)(H,28,29)/t17-/m0/s1. The van der Waals surface area contributed by atoms with Gasteiger partial charge in [0.2, 0.25) is 11.8 Å². The van der Waals surface area contributed by atoms with E-state index in [0.717, 1.165) is 39.7 Å². The van der Waals surface area contributed by atoms with Crippen molar-refractivity contribution in [3.63, 3.8) is 0 Å². The summed E-state index contributed by atoms with van der Waals surface area (Å²) < 4.78 is 5.18. The Labute approximate surface area is 197 Å². The molecule has 2 aromatic rings. The summed E-state index contributed by atoms with van der Waals surface area (Å²) in [7, 11) is 1.52. The number of thioether (sulfide) groups is 1. The number of aryl methyl sites for hydroxylation is 3. The molecule has 0 saturated carbocycles. The van der Waals surface area contributed by atoms with Gasteiger partial charge in [0.1, 0.15) is 5.75 Å². The third-order valence-electron chi connectivity index (χ3n) is 5.22. The molecule has 0 spiro atoms. The number of nitrogens with one attached hydrogen (secondary N) is 2. The number of ether oxygens (including phenoxy) is 1. The summed E-state index contributed by atoms with van der Waals surface area (Å²) in [5.41, 5.74) is 5.04. The minimum atomic E-state index is -0.440. The summed E-state index contributed by atoms with van der Waals surface area (Å²) in [5, 5.41) is 16.3. The lowest BCUT2D eigenvalue weighted by atomic mass is 9.87. The molecular weight excluding hydrogens is 446 g/mol. The number of allylic oxidation sites excluding steroid dienone is 1. The minimum Gasteiger partial charge on any atom is -0.495 e. The molecule has 0 aromatic heterocycles. The van der Waals surface area contributed by atoms with E-state index < -0.39 is 5.92 Å². The zero-order valence-corrected chi connectivity index (χ0v) is 19.9. The quantitative estimate of drug-likeness (QED) is 0.622. The Morgan fingerprint density at radius 1 is 1.28 bits per heavy atom. The smallest absolute Gasteiger partial charge is 0.234 e. The van der Waals surface area contributed by atoms with Gasteiger partial charge < -0.3 is 15.4 Å². The molecular formula is C24H24ClN3O3S. The number of rotatable bonds is 6. The van der Waals surface area contributed by atoms with E-state index in [-0.39, 0.29) is 24.0 Å². The van der Waals surface area contributed by atoms with Crippen LogP contribution in [0.15, 0.2) is 40.9 Å². The van der Waals surface area contributed by atoms with E-state index in [1.165, 1.54) is 7.11 Å². The number of benzene rings is 2. The predicted octanol–water partition coefficient (Wildman–Crippen LogP) is 4.98. The van der Waals surface area contributed by atoms with E-state index >= 15 is 0 Å². The van der Waals surface area contributed by atoms with Crippen LogP contribution in [0.4, 0.5) is 5.69 Å². The number of anilines is 1. The van der Waals surface area contributed by atoms with Gasteiger partial charge in [-0.05, 0) is 49.6 Å². The number of nitrogens with zero attached hydrogens (tertiary/aromatic N) is 1. The Hall–Kier alpha value is -2.95. The summed E-state index contributed by atoms with van der Waals surface area (Å²) in [4.78, 5) is 25.0. The number of methoxy groups -OCH3 is 1. The lowest BCUT2D eigenvalue weighted by Crippen LogP contribution is -2.31. The molecule has 6 nitrogen and oxygen atoms in total. The monoisotopic (exact) mass is 469 g/mol. The maximum absolute atomic E-state index is 12.6. The molecule has 3 rings (SSSR count). The van der Waals surface area contributed by atoms with Gasteiger partial charge >= 0.3 is 0 Å². The number of hydrogen-bond donors (Lipinski definition) is 2. The molecule has 0 radical (unpaired) electrons. The van der Waals surface area contributed by atoms with E-state index in [2.05, 4.69) is 16.7 Å². The van der Waals surface area contributed by atoms with Crippen molar-refractivity contribution in [3.05, 3.63) is 68.2 Å². The lowest BCUT2D eigenvalue weighted by molar-refractivity contribution is -0.121. The maximum Gasteiger partial charge on any atom is 0.234 e. The summed E-state index contributed by atoms with van der Waals surface area (Å²) in [6, 6.07) is 11.4. The Bertz CT molecular complexity index is 1130. The second-order valence-electron chi connectivity index (χ2n) is 7.66. The lowest BCUT2D eigenvalue weighted by Gasteiger charge is -2.25. The predicted molar refractivity (Wildman–Crippen MR) is 128 cm³/mol. The van der Waals surface area contributed by atoms with Crippen LogP contribution < -0.4 is 15.4 Å². The summed E-state index contributed by atoms with van der Waals surface area (Å²) in [6.45, 7) is 5.91. The van der Waals surface area contributed by atoms with Gasteiger partial charge in [-0.15, -0.1) is 0 Å². The Balaban J connectivity index is 1.80. The van der Waals surface area contributed by atoms with Gasteiger partial charge in [0, 0.05) is 18.0 Å².